The third kappa shape index (κ3) is 1.90. The van der Waals surface area contributed by atoms with E-state index in [9.17, 15) is 4.79 Å². The van der Waals surface area contributed by atoms with Gasteiger partial charge in [-0.1, -0.05) is 6.92 Å². The molecule has 1 aliphatic heterocycles. The smallest absolute Gasteiger partial charge is 0.230 e. The molecule has 0 spiro atoms. The van der Waals surface area contributed by atoms with Crippen molar-refractivity contribution in [1.82, 2.24) is 5.32 Å². The van der Waals surface area contributed by atoms with Crippen LogP contribution >= 0.6 is 11.8 Å². The van der Waals surface area contributed by atoms with Crippen molar-refractivity contribution in [1.29, 1.82) is 0 Å². The molecule has 1 heterocycles. The van der Waals surface area contributed by atoms with Gasteiger partial charge in [0.25, 0.3) is 0 Å². The van der Waals surface area contributed by atoms with Crippen molar-refractivity contribution < 1.29 is 4.79 Å². The molecular formula is C6H11NOS. The molecule has 0 aromatic rings. The van der Waals surface area contributed by atoms with Gasteiger partial charge in [-0.05, 0) is 6.42 Å². The predicted octanol–water partition coefficient (Wildman–Crippen LogP) is 0.628. The number of nitrogens with one attached hydrogen (secondary N) is 1. The molecule has 0 saturated carbocycles. The van der Waals surface area contributed by atoms with E-state index >= 15 is 0 Å². The number of hydrogen-bond donors (Lipinski definition) is 1. The Bertz CT molecular complexity index is 106. The van der Waals surface area contributed by atoms with Crippen molar-refractivity contribution in [2.24, 2.45) is 0 Å². The molecule has 1 N–H and O–H groups in total. The maximum absolute atomic E-state index is 10.6. The first-order valence-electron chi connectivity index (χ1n) is 3.21. The molecule has 52 valence electrons. The van der Waals surface area contributed by atoms with Gasteiger partial charge >= 0.3 is 0 Å². The van der Waals surface area contributed by atoms with Crippen LogP contribution in [0.25, 0.3) is 0 Å². The average molecular weight is 145 g/mol. The zero-order valence-corrected chi connectivity index (χ0v) is 6.33. The van der Waals surface area contributed by atoms with E-state index in [4.69, 9.17) is 0 Å². The second-order valence-electron chi connectivity index (χ2n) is 2.15. The summed E-state index contributed by atoms with van der Waals surface area (Å²) >= 11 is 1.76. The minimum Gasteiger partial charge on any atom is -0.354 e. The van der Waals surface area contributed by atoms with Crippen LogP contribution in [0.4, 0.5) is 0 Å². The van der Waals surface area contributed by atoms with E-state index in [0.29, 0.717) is 11.0 Å². The van der Waals surface area contributed by atoms with E-state index in [1.807, 2.05) is 0 Å². The van der Waals surface area contributed by atoms with E-state index < -0.39 is 0 Å². The summed E-state index contributed by atoms with van der Waals surface area (Å²) < 4.78 is 0. The number of carbonyl (C=O) groups excluding carboxylic acids is 1. The van der Waals surface area contributed by atoms with Crippen LogP contribution in [0.2, 0.25) is 0 Å². The van der Waals surface area contributed by atoms with Crippen LogP contribution in [-0.2, 0) is 4.79 Å². The Kier molecular flexibility index (Phi) is 2.39. The summed E-state index contributed by atoms with van der Waals surface area (Å²) in [6.45, 7) is 3.01. The second-order valence-corrected chi connectivity index (χ2v) is 3.43. The molecule has 0 radical (unpaired) electrons. The van der Waals surface area contributed by atoms with Gasteiger partial charge in [-0.25, -0.2) is 0 Å². The van der Waals surface area contributed by atoms with Crippen LogP contribution in [0.15, 0.2) is 0 Å². The van der Waals surface area contributed by atoms with Gasteiger partial charge < -0.3 is 5.32 Å². The molecule has 0 aliphatic carbocycles. The molecule has 0 aromatic carbocycles. The molecule has 1 fully saturated rings. The number of thioether (sulfide) groups is 1. The minimum absolute atomic E-state index is 0.185. The molecule has 1 aliphatic rings. The van der Waals surface area contributed by atoms with E-state index in [1.165, 1.54) is 0 Å². The van der Waals surface area contributed by atoms with Crippen LogP contribution in [0, 0.1) is 0 Å². The Balaban J connectivity index is 2.26. The summed E-state index contributed by atoms with van der Waals surface area (Å²) in [5.41, 5.74) is 0. The Hall–Kier alpha value is -0.180. The zero-order chi connectivity index (χ0) is 6.69. The van der Waals surface area contributed by atoms with Gasteiger partial charge in [0.15, 0.2) is 0 Å². The van der Waals surface area contributed by atoms with Crippen molar-refractivity contribution >= 4 is 17.7 Å². The van der Waals surface area contributed by atoms with Crippen LogP contribution in [0.1, 0.15) is 13.3 Å². The van der Waals surface area contributed by atoms with Crippen LogP contribution in [0.3, 0.4) is 0 Å². The Morgan fingerprint density at radius 1 is 1.89 bits per heavy atom. The lowest BCUT2D eigenvalue weighted by molar-refractivity contribution is -0.118. The lowest BCUT2D eigenvalue weighted by Crippen LogP contribution is -2.37. The standard InChI is InChI=1S/C6H11NOS/c1-2-5-3-7-6(8)4-9-5/h5H,2-4H2,1H3,(H,7,8). The fraction of sp³-hybridized carbons (Fsp3) is 0.833. The van der Waals surface area contributed by atoms with E-state index in [2.05, 4.69) is 12.2 Å². The molecule has 1 amide bonds. The molecule has 1 saturated heterocycles. The molecule has 2 nitrogen and oxygen atoms in total. The Morgan fingerprint density at radius 3 is 3.11 bits per heavy atom. The molecule has 1 unspecified atom stereocenters. The maximum atomic E-state index is 10.6. The molecule has 9 heavy (non-hydrogen) atoms. The van der Waals surface area contributed by atoms with Crippen molar-refractivity contribution in [2.45, 2.75) is 18.6 Å². The highest BCUT2D eigenvalue weighted by atomic mass is 32.2. The molecule has 1 atom stereocenters. The largest absolute Gasteiger partial charge is 0.354 e. The molecule has 0 bridgehead atoms. The highest BCUT2D eigenvalue weighted by molar-refractivity contribution is 8.00. The van der Waals surface area contributed by atoms with Gasteiger partial charge in [-0.3, -0.25) is 4.79 Å². The first kappa shape index (κ1) is 6.93. The summed E-state index contributed by atoms with van der Waals surface area (Å²) in [6.07, 6.45) is 1.16. The normalized spacial score (nSPS) is 27.7. The summed E-state index contributed by atoms with van der Waals surface area (Å²) in [7, 11) is 0. The molecule has 1 rings (SSSR count). The number of amides is 1. The lowest BCUT2D eigenvalue weighted by atomic mass is 10.3. The van der Waals surface area contributed by atoms with Crippen molar-refractivity contribution in [3.63, 3.8) is 0 Å². The summed E-state index contributed by atoms with van der Waals surface area (Å²) in [6, 6.07) is 0. The monoisotopic (exact) mass is 145 g/mol. The van der Waals surface area contributed by atoms with E-state index in [1.54, 1.807) is 11.8 Å². The zero-order valence-electron chi connectivity index (χ0n) is 5.52. The highest BCUT2D eigenvalue weighted by Gasteiger charge is 2.15. The van der Waals surface area contributed by atoms with Gasteiger partial charge in [0.2, 0.25) is 5.91 Å². The summed E-state index contributed by atoms with van der Waals surface area (Å²) in [5, 5.41) is 3.48. The summed E-state index contributed by atoms with van der Waals surface area (Å²) in [5.74, 6) is 0.836. The van der Waals surface area contributed by atoms with Crippen LogP contribution in [-0.4, -0.2) is 23.5 Å². The van der Waals surface area contributed by atoms with Gasteiger partial charge in [-0.15, -0.1) is 11.8 Å². The number of carbonyl (C=O) groups is 1. The first-order chi connectivity index (χ1) is 4.33. The summed E-state index contributed by atoms with van der Waals surface area (Å²) in [4.78, 5) is 10.6. The second kappa shape index (κ2) is 3.11. The Morgan fingerprint density at radius 2 is 2.67 bits per heavy atom. The predicted molar refractivity (Wildman–Crippen MR) is 39.5 cm³/mol. The fourth-order valence-corrected chi connectivity index (χ4v) is 1.72. The SMILES string of the molecule is CCC1CNC(=O)CS1. The van der Waals surface area contributed by atoms with E-state index in [0.717, 1.165) is 13.0 Å². The minimum atomic E-state index is 0.185. The highest BCUT2D eigenvalue weighted by Crippen LogP contribution is 2.16. The average Bonchev–Trinajstić information content (AvgIpc) is 1.90. The fourth-order valence-electron chi connectivity index (χ4n) is 0.793. The first-order valence-corrected chi connectivity index (χ1v) is 4.26. The third-order valence-electron chi connectivity index (χ3n) is 1.43. The number of rotatable bonds is 1. The van der Waals surface area contributed by atoms with Crippen LogP contribution in [0.5, 0.6) is 0 Å². The number of hydrogen-bond acceptors (Lipinski definition) is 2. The van der Waals surface area contributed by atoms with Gasteiger partial charge in [-0.2, -0.15) is 0 Å². The van der Waals surface area contributed by atoms with Gasteiger partial charge in [0.05, 0.1) is 5.75 Å². The quantitative estimate of drug-likeness (QED) is 0.586. The Labute approximate surface area is 59.4 Å². The van der Waals surface area contributed by atoms with Crippen LogP contribution < -0.4 is 5.32 Å². The van der Waals surface area contributed by atoms with Crippen molar-refractivity contribution in [3.05, 3.63) is 0 Å². The molecular weight excluding hydrogens is 134 g/mol. The topological polar surface area (TPSA) is 29.1 Å². The van der Waals surface area contributed by atoms with Gasteiger partial charge in [0.1, 0.15) is 0 Å². The van der Waals surface area contributed by atoms with Crippen molar-refractivity contribution in [3.8, 4) is 0 Å². The molecule has 0 aromatic heterocycles. The van der Waals surface area contributed by atoms with E-state index in [-0.39, 0.29) is 5.91 Å². The lowest BCUT2D eigenvalue weighted by Gasteiger charge is -2.19. The van der Waals surface area contributed by atoms with Gasteiger partial charge in [0, 0.05) is 11.8 Å². The van der Waals surface area contributed by atoms with Crippen molar-refractivity contribution in [2.75, 3.05) is 12.3 Å². The third-order valence-corrected chi connectivity index (χ3v) is 2.83. The maximum Gasteiger partial charge on any atom is 0.230 e. The molecule has 3 heteroatoms.